The molecule has 1 heterocycles. The molecule has 0 aromatic rings. The Morgan fingerprint density at radius 3 is 2.55 bits per heavy atom. The summed E-state index contributed by atoms with van der Waals surface area (Å²) < 4.78 is 16.4. The van der Waals surface area contributed by atoms with Gasteiger partial charge in [-0.3, -0.25) is 4.79 Å². The maximum absolute atomic E-state index is 12.3. The Morgan fingerprint density at radius 2 is 2.00 bits per heavy atom. The SMILES string of the molecule is CO[C@@H]1C(N)CC(NC(=O)C(O)C(O)CN)[C@H](OC2OC[C@](C)(O)CC2O)C1O. The van der Waals surface area contributed by atoms with E-state index < -0.39 is 66.5 Å². The van der Waals surface area contributed by atoms with Crippen molar-refractivity contribution in [3.63, 3.8) is 0 Å². The Balaban J connectivity index is 2.15. The highest BCUT2D eigenvalue weighted by atomic mass is 16.7. The van der Waals surface area contributed by atoms with E-state index in [1.807, 2.05) is 0 Å². The second-order valence-corrected chi connectivity index (χ2v) is 8.00. The number of nitrogens with one attached hydrogen (secondary N) is 1. The summed E-state index contributed by atoms with van der Waals surface area (Å²) in [4.78, 5) is 12.3. The molecule has 2 aliphatic rings. The summed E-state index contributed by atoms with van der Waals surface area (Å²) in [6.07, 6.45) is -8.67. The molecule has 0 bridgehead atoms. The topological polar surface area (TPSA) is 210 Å². The van der Waals surface area contributed by atoms with Crippen molar-refractivity contribution in [2.75, 3.05) is 20.3 Å². The number of amides is 1. The van der Waals surface area contributed by atoms with E-state index in [9.17, 15) is 30.3 Å². The summed E-state index contributed by atoms with van der Waals surface area (Å²) in [7, 11) is 1.37. The third kappa shape index (κ3) is 5.82. The van der Waals surface area contributed by atoms with Crippen molar-refractivity contribution in [1.82, 2.24) is 5.32 Å². The fraction of sp³-hybridized carbons (Fsp3) is 0.941. The first-order valence-corrected chi connectivity index (χ1v) is 9.51. The molecule has 1 aliphatic carbocycles. The zero-order chi connectivity index (χ0) is 21.9. The number of aliphatic hydroxyl groups excluding tert-OH is 4. The van der Waals surface area contributed by atoms with E-state index in [4.69, 9.17) is 25.7 Å². The maximum Gasteiger partial charge on any atom is 0.251 e. The van der Waals surface area contributed by atoms with Crippen LogP contribution < -0.4 is 16.8 Å². The number of carbonyl (C=O) groups excluding carboxylic acids is 1. The van der Waals surface area contributed by atoms with E-state index in [0.717, 1.165) is 0 Å². The van der Waals surface area contributed by atoms with Crippen LogP contribution in [0.5, 0.6) is 0 Å². The number of hydrogen-bond acceptors (Lipinski definition) is 11. The highest BCUT2D eigenvalue weighted by molar-refractivity contribution is 5.81. The minimum Gasteiger partial charge on any atom is -0.389 e. The van der Waals surface area contributed by atoms with Gasteiger partial charge in [0.25, 0.3) is 5.91 Å². The van der Waals surface area contributed by atoms with E-state index in [2.05, 4.69) is 5.32 Å². The number of hydrogen-bond donors (Lipinski definition) is 8. The van der Waals surface area contributed by atoms with Crippen LogP contribution in [0.1, 0.15) is 19.8 Å². The fourth-order valence-corrected chi connectivity index (χ4v) is 3.71. The third-order valence-corrected chi connectivity index (χ3v) is 5.31. The molecule has 2 rings (SSSR count). The third-order valence-electron chi connectivity index (χ3n) is 5.31. The van der Waals surface area contributed by atoms with E-state index in [1.165, 1.54) is 14.0 Å². The van der Waals surface area contributed by atoms with E-state index >= 15 is 0 Å². The Bertz CT molecular complexity index is 552. The summed E-state index contributed by atoms with van der Waals surface area (Å²) in [6, 6.07) is -1.54. The molecule has 0 spiro atoms. The number of rotatable bonds is 7. The van der Waals surface area contributed by atoms with Gasteiger partial charge in [0.2, 0.25) is 0 Å². The minimum absolute atomic E-state index is 0.00780. The number of nitrogens with two attached hydrogens (primary N) is 2. The average molecular weight is 423 g/mol. The smallest absolute Gasteiger partial charge is 0.251 e. The monoisotopic (exact) mass is 423 g/mol. The van der Waals surface area contributed by atoms with Crippen LogP contribution >= 0.6 is 0 Å². The second kappa shape index (κ2) is 9.92. The minimum atomic E-state index is -1.78. The predicted molar refractivity (Wildman–Crippen MR) is 98.3 cm³/mol. The van der Waals surface area contributed by atoms with Crippen LogP contribution in [-0.4, -0.2) is 112 Å². The van der Waals surface area contributed by atoms with E-state index in [0.29, 0.717) is 0 Å². The molecule has 29 heavy (non-hydrogen) atoms. The molecule has 0 aromatic carbocycles. The molecular weight excluding hydrogens is 390 g/mol. The van der Waals surface area contributed by atoms with Gasteiger partial charge in [0.15, 0.2) is 12.4 Å². The van der Waals surface area contributed by atoms with E-state index in [1.54, 1.807) is 0 Å². The molecular formula is C17H33N3O9. The van der Waals surface area contributed by atoms with Gasteiger partial charge < -0.3 is 56.5 Å². The van der Waals surface area contributed by atoms with Crippen molar-refractivity contribution in [3.05, 3.63) is 0 Å². The highest BCUT2D eigenvalue weighted by Crippen LogP contribution is 2.30. The highest BCUT2D eigenvalue weighted by Gasteiger charge is 2.48. The van der Waals surface area contributed by atoms with Gasteiger partial charge >= 0.3 is 0 Å². The van der Waals surface area contributed by atoms with Crippen LogP contribution in [0.2, 0.25) is 0 Å². The van der Waals surface area contributed by atoms with Crippen molar-refractivity contribution >= 4 is 5.91 Å². The molecule has 1 saturated heterocycles. The molecule has 1 aliphatic heterocycles. The van der Waals surface area contributed by atoms with Crippen LogP contribution in [0.15, 0.2) is 0 Å². The van der Waals surface area contributed by atoms with Gasteiger partial charge in [0.05, 0.1) is 18.2 Å². The Hall–Kier alpha value is -0.930. The second-order valence-electron chi connectivity index (χ2n) is 8.00. The molecule has 2 fully saturated rings. The number of aliphatic hydroxyl groups is 5. The average Bonchev–Trinajstić information content (AvgIpc) is 2.64. The lowest BCUT2D eigenvalue weighted by atomic mass is 9.83. The molecule has 10 N–H and O–H groups in total. The standard InChI is InChI=1S/C17H33N3O9/c1-17(26)4-9(21)16(28-6-17)29-14-8(3-7(19)13(27-2)12(14)24)20-15(25)11(23)10(22)5-18/h7-14,16,21-24,26H,3-6,18-19H2,1-2H3,(H,20,25)/t7?,8?,9?,10?,11?,12?,13-,14+,16?,17-/m1/s1. The predicted octanol–water partition coefficient (Wildman–Crippen LogP) is -4.50. The van der Waals surface area contributed by atoms with Gasteiger partial charge in [-0.15, -0.1) is 0 Å². The molecule has 12 nitrogen and oxygen atoms in total. The summed E-state index contributed by atoms with van der Waals surface area (Å²) in [6.45, 7) is 1.09. The van der Waals surface area contributed by atoms with Crippen molar-refractivity contribution in [3.8, 4) is 0 Å². The van der Waals surface area contributed by atoms with Crippen molar-refractivity contribution in [2.45, 2.75) is 80.4 Å². The van der Waals surface area contributed by atoms with Gasteiger partial charge in [0, 0.05) is 26.1 Å². The Kier molecular flexibility index (Phi) is 8.32. The fourth-order valence-electron chi connectivity index (χ4n) is 3.71. The lowest BCUT2D eigenvalue weighted by Gasteiger charge is -2.46. The first kappa shape index (κ1) is 24.3. The van der Waals surface area contributed by atoms with Crippen molar-refractivity contribution < 1.29 is 44.5 Å². The summed E-state index contributed by atoms with van der Waals surface area (Å²) in [5.74, 6) is -0.912. The van der Waals surface area contributed by atoms with Gasteiger partial charge in [-0.2, -0.15) is 0 Å². The van der Waals surface area contributed by atoms with Crippen LogP contribution in [0, 0.1) is 0 Å². The van der Waals surface area contributed by atoms with E-state index in [-0.39, 0.29) is 26.0 Å². The number of methoxy groups -OCH3 is 1. The molecule has 10 atom stereocenters. The molecule has 1 amide bonds. The lowest BCUT2D eigenvalue weighted by Crippen LogP contribution is -2.66. The van der Waals surface area contributed by atoms with Crippen LogP contribution in [0.25, 0.3) is 0 Å². The Morgan fingerprint density at radius 1 is 1.34 bits per heavy atom. The summed E-state index contributed by atoms with van der Waals surface area (Å²) >= 11 is 0. The maximum atomic E-state index is 12.3. The first-order chi connectivity index (χ1) is 13.5. The van der Waals surface area contributed by atoms with Gasteiger partial charge in [-0.05, 0) is 13.3 Å². The summed E-state index contributed by atoms with van der Waals surface area (Å²) in [5.41, 5.74) is 10.1. The van der Waals surface area contributed by atoms with Crippen molar-refractivity contribution in [2.24, 2.45) is 11.5 Å². The van der Waals surface area contributed by atoms with Gasteiger partial charge in [-0.25, -0.2) is 0 Å². The molecule has 0 aromatic heterocycles. The van der Waals surface area contributed by atoms with Crippen LogP contribution in [-0.2, 0) is 19.0 Å². The zero-order valence-corrected chi connectivity index (χ0v) is 16.5. The van der Waals surface area contributed by atoms with Gasteiger partial charge in [-0.1, -0.05) is 0 Å². The van der Waals surface area contributed by atoms with Gasteiger partial charge in [0.1, 0.15) is 30.5 Å². The molecule has 170 valence electrons. The Labute approximate surface area is 168 Å². The zero-order valence-electron chi connectivity index (χ0n) is 16.5. The molecule has 7 unspecified atom stereocenters. The molecule has 12 heteroatoms. The molecule has 0 radical (unpaired) electrons. The normalized spacial score (nSPS) is 42.9. The van der Waals surface area contributed by atoms with Crippen LogP contribution in [0.4, 0.5) is 0 Å². The number of carbonyl (C=O) groups is 1. The lowest BCUT2D eigenvalue weighted by molar-refractivity contribution is -0.290. The molecule has 1 saturated carbocycles. The number of ether oxygens (including phenoxy) is 3. The summed E-state index contributed by atoms with van der Waals surface area (Å²) in [5, 5.41) is 52.9. The van der Waals surface area contributed by atoms with Crippen LogP contribution in [0.3, 0.4) is 0 Å². The first-order valence-electron chi connectivity index (χ1n) is 9.51. The largest absolute Gasteiger partial charge is 0.389 e. The quantitative estimate of drug-likeness (QED) is 0.195. The van der Waals surface area contributed by atoms with Crippen molar-refractivity contribution in [1.29, 1.82) is 0 Å².